The summed E-state index contributed by atoms with van der Waals surface area (Å²) >= 11 is 0. The van der Waals surface area contributed by atoms with Gasteiger partial charge in [-0.25, -0.2) is 0 Å². The first-order valence-electron chi connectivity index (χ1n) is 3.28. The molecule has 0 aromatic rings. The van der Waals surface area contributed by atoms with E-state index in [9.17, 15) is 0 Å². The molecule has 0 heterocycles. The van der Waals surface area contributed by atoms with Crippen LogP contribution in [0.25, 0.3) is 0 Å². The number of unbranched alkanes of at least 4 members (excludes halogenated alkanes) is 3. The number of rotatable bonds is 5. The maximum absolute atomic E-state index is 4.64. The van der Waals surface area contributed by atoms with Crippen LogP contribution in [0.5, 0.6) is 0 Å². The third-order valence-corrected chi connectivity index (χ3v) is 1.14. The van der Waals surface area contributed by atoms with Gasteiger partial charge in [0.15, 0.2) is 0 Å². The molecular weight excluding hydrogens is 100 g/mol. The van der Waals surface area contributed by atoms with Crippen molar-refractivity contribution in [2.45, 2.75) is 32.6 Å². The third kappa shape index (κ3) is 5.96. The SMILES string of the molecule is [CH2]OCCCCCC. The standard InChI is InChI=1S/C7H15O/c1-3-4-5-6-7-8-2/h2-7H2,1H3. The van der Waals surface area contributed by atoms with E-state index in [4.69, 9.17) is 0 Å². The Kier molecular flexibility index (Phi) is 6.93. The lowest BCUT2D eigenvalue weighted by Crippen LogP contribution is -1.85. The second-order valence-corrected chi connectivity index (χ2v) is 1.97. The Morgan fingerprint density at radius 2 is 2.00 bits per heavy atom. The summed E-state index contributed by atoms with van der Waals surface area (Å²) in [6, 6.07) is 0. The molecule has 0 saturated carbocycles. The maximum Gasteiger partial charge on any atom is 0.0700 e. The van der Waals surface area contributed by atoms with Gasteiger partial charge in [-0.3, -0.25) is 0 Å². The highest BCUT2D eigenvalue weighted by Gasteiger charge is 1.83. The molecule has 0 aromatic heterocycles. The van der Waals surface area contributed by atoms with Crippen molar-refractivity contribution in [2.24, 2.45) is 0 Å². The third-order valence-electron chi connectivity index (χ3n) is 1.14. The van der Waals surface area contributed by atoms with Crippen LogP contribution in [0.2, 0.25) is 0 Å². The number of ether oxygens (including phenoxy) is 1. The first kappa shape index (κ1) is 7.96. The molecule has 0 unspecified atom stereocenters. The van der Waals surface area contributed by atoms with Gasteiger partial charge in [0.2, 0.25) is 0 Å². The molecule has 0 spiro atoms. The molecule has 1 radical (unpaired) electrons. The van der Waals surface area contributed by atoms with Gasteiger partial charge in [0, 0.05) is 6.61 Å². The Morgan fingerprint density at radius 1 is 1.25 bits per heavy atom. The molecule has 0 rings (SSSR count). The van der Waals surface area contributed by atoms with Crippen LogP contribution in [-0.2, 0) is 4.74 Å². The van der Waals surface area contributed by atoms with Gasteiger partial charge in [-0.15, -0.1) is 0 Å². The predicted octanol–water partition coefficient (Wildman–Crippen LogP) is 2.37. The van der Waals surface area contributed by atoms with Crippen molar-refractivity contribution in [1.29, 1.82) is 0 Å². The van der Waals surface area contributed by atoms with E-state index in [2.05, 4.69) is 18.8 Å². The van der Waals surface area contributed by atoms with Gasteiger partial charge in [0.1, 0.15) is 0 Å². The normalized spacial score (nSPS) is 9.75. The number of hydrogen-bond acceptors (Lipinski definition) is 1. The summed E-state index contributed by atoms with van der Waals surface area (Å²) < 4.78 is 4.64. The van der Waals surface area contributed by atoms with Crippen molar-refractivity contribution in [3.63, 3.8) is 0 Å². The largest absolute Gasteiger partial charge is 0.379 e. The van der Waals surface area contributed by atoms with Gasteiger partial charge in [0.25, 0.3) is 0 Å². The van der Waals surface area contributed by atoms with Crippen LogP contribution in [0, 0.1) is 7.11 Å². The molecule has 0 aromatic carbocycles. The van der Waals surface area contributed by atoms with Crippen LogP contribution >= 0.6 is 0 Å². The lowest BCUT2D eigenvalue weighted by Gasteiger charge is -1.94. The van der Waals surface area contributed by atoms with Crippen LogP contribution in [0.4, 0.5) is 0 Å². The fourth-order valence-electron chi connectivity index (χ4n) is 0.631. The molecule has 0 aliphatic rings. The van der Waals surface area contributed by atoms with Gasteiger partial charge in [-0.2, -0.15) is 0 Å². The van der Waals surface area contributed by atoms with Crippen molar-refractivity contribution < 1.29 is 4.74 Å². The molecule has 0 aliphatic heterocycles. The Morgan fingerprint density at radius 3 is 2.50 bits per heavy atom. The van der Waals surface area contributed by atoms with E-state index in [0.717, 1.165) is 13.0 Å². The highest BCUT2D eigenvalue weighted by Crippen LogP contribution is 1.97. The Balaban J connectivity index is 2.53. The van der Waals surface area contributed by atoms with Crippen LogP contribution in [0.15, 0.2) is 0 Å². The van der Waals surface area contributed by atoms with E-state index >= 15 is 0 Å². The Hall–Kier alpha value is -0.0400. The highest BCUT2D eigenvalue weighted by atomic mass is 16.5. The topological polar surface area (TPSA) is 9.23 Å². The van der Waals surface area contributed by atoms with Gasteiger partial charge < -0.3 is 4.74 Å². The highest BCUT2D eigenvalue weighted by molar-refractivity contribution is 4.37. The first-order chi connectivity index (χ1) is 3.91. The molecule has 0 atom stereocenters. The average Bonchev–Trinajstić information content (AvgIpc) is 1.81. The lowest BCUT2D eigenvalue weighted by molar-refractivity contribution is 0.234. The molecule has 0 saturated heterocycles. The minimum absolute atomic E-state index is 0.819. The lowest BCUT2D eigenvalue weighted by atomic mass is 10.2. The summed E-state index contributed by atoms with van der Waals surface area (Å²) in [5.41, 5.74) is 0. The zero-order chi connectivity index (χ0) is 6.24. The summed E-state index contributed by atoms with van der Waals surface area (Å²) in [7, 11) is 3.28. The average molecular weight is 115 g/mol. The predicted molar refractivity (Wildman–Crippen MR) is 35.5 cm³/mol. The molecule has 0 N–H and O–H groups in total. The van der Waals surface area contributed by atoms with E-state index in [0.29, 0.717) is 0 Å². The fourth-order valence-corrected chi connectivity index (χ4v) is 0.631. The summed E-state index contributed by atoms with van der Waals surface area (Å²) in [6.07, 6.45) is 5.06. The summed E-state index contributed by atoms with van der Waals surface area (Å²) in [6.45, 7) is 3.02. The molecule has 0 amide bonds. The molecular formula is C7H15O. The van der Waals surface area contributed by atoms with Crippen molar-refractivity contribution in [3.8, 4) is 0 Å². The van der Waals surface area contributed by atoms with Crippen LogP contribution < -0.4 is 0 Å². The molecule has 0 fully saturated rings. The van der Waals surface area contributed by atoms with Crippen molar-refractivity contribution in [2.75, 3.05) is 6.61 Å². The summed E-state index contributed by atoms with van der Waals surface area (Å²) in [4.78, 5) is 0. The smallest absolute Gasteiger partial charge is 0.0700 e. The van der Waals surface area contributed by atoms with Crippen molar-refractivity contribution in [1.82, 2.24) is 0 Å². The Bertz CT molecular complexity index is 29.4. The van der Waals surface area contributed by atoms with Gasteiger partial charge in [0.05, 0.1) is 7.11 Å². The minimum atomic E-state index is 0.819. The molecule has 8 heavy (non-hydrogen) atoms. The minimum Gasteiger partial charge on any atom is -0.379 e. The zero-order valence-electron chi connectivity index (χ0n) is 5.65. The van der Waals surface area contributed by atoms with Crippen LogP contribution in [0.1, 0.15) is 32.6 Å². The van der Waals surface area contributed by atoms with Crippen molar-refractivity contribution >= 4 is 0 Å². The van der Waals surface area contributed by atoms with Crippen LogP contribution in [0.3, 0.4) is 0 Å². The molecule has 0 aliphatic carbocycles. The summed E-state index contributed by atoms with van der Waals surface area (Å²) in [5, 5.41) is 0. The van der Waals surface area contributed by atoms with E-state index in [1.54, 1.807) is 0 Å². The molecule has 49 valence electrons. The van der Waals surface area contributed by atoms with Crippen molar-refractivity contribution in [3.05, 3.63) is 7.11 Å². The van der Waals surface area contributed by atoms with Gasteiger partial charge in [-0.05, 0) is 6.42 Å². The zero-order valence-corrected chi connectivity index (χ0v) is 5.65. The Labute approximate surface area is 52.0 Å². The fraction of sp³-hybridized carbons (Fsp3) is 0.857. The number of hydrogen-bond donors (Lipinski definition) is 0. The second kappa shape index (κ2) is 6.96. The van der Waals surface area contributed by atoms with E-state index in [1.807, 2.05) is 0 Å². The first-order valence-corrected chi connectivity index (χ1v) is 3.28. The molecule has 1 nitrogen and oxygen atoms in total. The molecule has 0 bridgehead atoms. The van der Waals surface area contributed by atoms with Gasteiger partial charge >= 0.3 is 0 Å². The second-order valence-electron chi connectivity index (χ2n) is 1.97. The quantitative estimate of drug-likeness (QED) is 0.500. The summed E-state index contributed by atoms with van der Waals surface area (Å²) in [5.74, 6) is 0. The van der Waals surface area contributed by atoms with E-state index in [-0.39, 0.29) is 0 Å². The monoisotopic (exact) mass is 115 g/mol. The maximum atomic E-state index is 4.64. The van der Waals surface area contributed by atoms with E-state index < -0.39 is 0 Å². The molecule has 1 heteroatoms. The van der Waals surface area contributed by atoms with E-state index in [1.165, 1.54) is 19.3 Å². The van der Waals surface area contributed by atoms with Crippen LogP contribution in [-0.4, -0.2) is 6.61 Å². The van der Waals surface area contributed by atoms with Gasteiger partial charge in [-0.1, -0.05) is 26.2 Å².